The summed E-state index contributed by atoms with van der Waals surface area (Å²) in [6.45, 7) is 2.01. The summed E-state index contributed by atoms with van der Waals surface area (Å²) in [5.74, 6) is 0.901. The number of nitrogens with one attached hydrogen (secondary N) is 1. The molecular weight excluding hydrogens is 322 g/mol. The topological polar surface area (TPSA) is 57.0 Å². The van der Waals surface area contributed by atoms with E-state index in [9.17, 15) is 5.11 Å². The Labute approximate surface area is 152 Å². The highest BCUT2D eigenvalue weighted by atomic mass is 16.3. The van der Waals surface area contributed by atoms with Crippen LogP contribution in [0.1, 0.15) is 16.7 Å². The van der Waals surface area contributed by atoms with Crippen molar-refractivity contribution in [2.24, 2.45) is 9.98 Å². The summed E-state index contributed by atoms with van der Waals surface area (Å²) >= 11 is 0. The average molecular weight is 341 g/mol. The van der Waals surface area contributed by atoms with E-state index in [0.717, 1.165) is 16.8 Å². The lowest BCUT2D eigenvalue weighted by Gasteiger charge is -2.23. The largest absolute Gasteiger partial charge is 0.359 e. The van der Waals surface area contributed by atoms with E-state index in [4.69, 9.17) is 0 Å². The van der Waals surface area contributed by atoms with E-state index < -0.39 is 5.72 Å². The summed E-state index contributed by atoms with van der Waals surface area (Å²) in [6, 6.07) is 27.0. The second-order valence-corrected chi connectivity index (χ2v) is 6.29. The number of hydrogen-bond acceptors (Lipinski definition) is 4. The lowest BCUT2D eigenvalue weighted by atomic mass is 10.0. The van der Waals surface area contributed by atoms with Crippen molar-refractivity contribution in [3.8, 4) is 0 Å². The van der Waals surface area contributed by atoms with Crippen LogP contribution in [0, 0.1) is 6.92 Å². The maximum Gasteiger partial charge on any atom is 0.244 e. The van der Waals surface area contributed by atoms with Gasteiger partial charge in [-0.1, -0.05) is 78.4 Å². The molecule has 0 radical (unpaired) electrons. The van der Waals surface area contributed by atoms with E-state index in [1.807, 2.05) is 91.9 Å². The van der Waals surface area contributed by atoms with Crippen LogP contribution in [0.15, 0.2) is 94.9 Å². The van der Waals surface area contributed by atoms with Gasteiger partial charge in [0.1, 0.15) is 0 Å². The van der Waals surface area contributed by atoms with Crippen molar-refractivity contribution in [1.29, 1.82) is 0 Å². The minimum absolute atomic E-state index is 0.395. The number of para-hydroxylation sites is 1. The molecule has 0 aliphatic carbocycles. The molecule has 2 N–H and O–H groups in total. The second-order valence-electron chi connectivity index (χ2n) is 6.29. The first kappa shape index (κ1) is 16.2. The fourth-order valence-electron chi connectivity index (χ4n) is 2.89. The van der Waals surface area contributed by atoms with Gasteiger partial charge in [0.05, 0.1) is 0 Å². The Hall–Kier alpha value is -3.24. The maximum atomic E-state index is 11.4. The molecule has 0 fully saturated rings. The van der Waals surface area contributed by atoms with Gasteiger partial charge in [0, 0.05) is 16.8 Å². The fourth-order valence-corrected chi connectivity index (χ4v) is 2.89. The quantitative estimate of drug-likeness (QED) is 0.753. The Morgan fingerprint density at radius 2 is 1.42 bits per heavy atom. The van der Waals surface area contributed by atoms with E-state index in [-0.39, 0.29) is 0 Å². The average Bonchev–Trinajstić information content (AvgIpc) is 3.01. The van der Waals surface area contributed by atoms with Crippen LogP contribution in [0.3, 0.4) is 0 Å². The van der Waals surface area contributed by atoms with Crippen molar-refractivity contribution in [1.82, 2.24) is 0 Å². The number of nitrogens with zero attached hydrogens (tertiary/aromatic N) is 2. The molecule has 1 atom stereocenters. The molecule has 4 heteroatoms. The SMILES string of the molecule is Cc1ccc(C2(O)N=C(c3ccccc3)N=C2Nc2ccccc2)cc1. The van der Waals surface area contributed by atoms with Gasteiger partial charge in [0.15, 0.2) is 11.7 Å². The van der Waals surface area contributed by atoms with Gasteiger partial charge < -0.3 is 10.4 Å². The van der Waals surface area contributed by atoms with Gasteiger partial charge in [-0.25, -0.2) is 9.98 Å². The summed E-state index contributed by atoms with van der Waals surface area (Å²) < 4.78 is 0. The number of amidine groups is 2. The Morgan fingerprint density at radius 3 is 2.08 bits per heavy atom. The zero-order chi connectivity index (χ0) is 18.0. The lowest BCUT2D eigenvalue weighted by Crippen LogP contribution is -2.36. The van der Waals surface area contributed by atoms with Crippen molar-refractivity contribution < 1.29 is 5.11 Å². The molecule has 4 nitrogen and oxygen atoms in total. The molecule has 0 saturated heterocycles. The van der Waals surface area contributed by atoms with Gasteiger partial charge in [-0.2, -0.15) is 0 Å². The first-order valence-corrected chi connectivity index (χ1v) is 8.51. The van der Waals surface area contributed by atoms with Crippen molar-refractivity contribution in [3.63, 3.8) is 0 Å². The van der Waals surface area contributed by atoms with Crippen LogP contribution in [-0.4, -0.2) is 16.8 Å². The summed E-state index contributed by atoms with van der Waals surface area (Å²) in [5, 5.41) is 14.7. The lowest BCUT2D eigenvalue weighted by molar-refractivity contribution is 0.125. The molecule has 1 heterocycles. The zero-order valence-electron chi connectivity index (χ0n) is 14.4. The highest BCUT2D eigenvalue weighted by Gasteiger charge is 2.40. The monoisotopic (exact) mass is 341 g/mol. The standard InChI is InChI=1S/C22H19N3O/c1-16-12-14-18(15-13-16)22(26)21(23-19-10-6-3-7-11-19)24-20(25-22)17-8-4-2-5-9-17/h2-15,26H,1H3,(H,23,24,25). The summed E-state index contributed by atoms with van der Waals surface area (Å²) in [7, 11) is 0. The molecule has 26 heavy (non-hydrogen) atoms. The van der Waals surface area contributed by atoms with Crippen LogP contribution in [0.25, 0.3) is 0 Å². The molecule has 3 aromatic carbocycles. The van der Waals surface area contributed by atoms with Crippen LogP contribution >= 0.6 is 0 Å². The number of aliphatic imine (C=N–C) groups is 2. The highest BCUT2D eigenvalue weighted by Crippen LogP contribution is 2.31. The minimum atomic E-state index is -1.55. The van der Waals surface area contributed by atoms with Crippen molar-refractivity contribution in [2.45, 2.75) is 12.6 Å². The molecule has 128 valence electrons. The molecule has 3 aromatic rings. The van der Waals surface area contributed by atoms with Gasteiger partial charge in [-0.3, -0.25) is 0 Å². The third-order valence-electron chi connectivity index (χ3n) is 4.34. The molecule has 0 amide bonds. The number of anilines is 1. The van der Waals surface area contributed by atoms with Gasteiger partial charge in [-0.15, -0.1) is 0 Å². The summed E-state index contributed by atoms with van der Waals surface area (Å²) in [5.41, 5.74) is 1.96. The number of rotatable bonds is 3. The molecular formula is C22H19N3O. The molecule has 4 rings (SSSR count). The van der Waals surface area contributed by atoms with E-state index >= 15 is 0 Å². The van der Waals surface area contributed by atoms with Gasteiger partial charge in [-0.05, 0) is 19.1 Å². The second kappa shape index (κ2) is 6.58. The number of aliphatic hydroxyl groups is 1. The van der Waals surface area contributed by atoms with Crippen molar-refractivity contribution >= 4 is 17.4 Å². The van der Waals surface area contributed by atoms with Gasteiger partial charge >= 0.3 is 0 Å². The molecule has 0 spiro atoms. The molecule has 0 bridgehead atoms. The van der Waals surface area contributed by atoms with E-state index in [1.54, 1.807) is 0 Å². The van der Waals surface area contributed by atoms with Crippen molar-refractivity contribution in [3.05, 3.63) is 102 Å². The van der Waals surface area contributed by atoms with Crippen LogP contribution in [0.5, 0.6) is 0 Å². The maximum absolute atomic E-state index is 11.4. The third-order valence-corrected chi connectivity index (χ3v) is 4.34. The third kappa shape index (κ3) is 3.03. The van der Waals surface area contributed by atoms with Crippen LogP contribution in [-0.2, 0) is 5.72 Å². The number of hydrogen-bond donors (Lipinski definition) is 2. The Morgan fingerprint density at radius 1 is 0.808 bits per heavy atom. The Kier molecular flexibility index (Phi) is 4.11. The van der Waals surface area contributed by atoms with Gasteiger partial charge in [0.25, 0.3) is 0 Å². The minimum Gasteiger partial charge on any atom is -0.359 e. The number of benzene rings is 3. The Bertz CT molecular complexity index is 963. The summed E-state index contributed by atoms with van der Waals surface area (Å²) in [6.07, 6.45) is 0. The molecule has 1 unspecified atom stereocenters. The molecule has 1 aliphatic heterocycles. The predicted octanol–water partition coefficient (Wildman–Crippen LogP) is 4.11. The van der Waals surface area contributed by atoms with E-state index in [0.29, 0.717) is 17.2 Å². The molecule has 0 aromatic heterocycles. The van der Waals surface area contributed by atoms with Crippen LogP contribution in [0.4, 0.5) is 5.69 Å². The highest BCUT2D eigenvalue weighted by molar-refractivity contribution is 6.17. The van der Waals surface area contributed by atoms with Crippen LogP contribution in [0.2, 0.25) is 0 Å². The number of aryl methyl sites for hydroxylation is 1. The first-order valence-electron chi connectivity index (χ1n) is 8.51. The fraction of sp³-hybridized carbons (Fsp3) is 0.0909. The molecule has 1 aliphatic rings. The zero-order valence-corrected chi connectivity index (χ0v) is 14.4. The molecule has 0 saturated carbocycles. The first-order chi connectivity index (χ1) is 12.6. The van der Waals surface area contributed by atoms with Gasteiger partial charge in [0.2, 0.25) is 5.72 Å². The van der Waals surface area contributed by atoms with Crippen LogP contribution < -0.4 is 5.32 Å². The van der Waals surface area contributed by atoms with E-state index in [1.165, 1.54) is 0 Å². The van der Waals surface area contributed by atoms with Crippen molar-refractivity contribution in [2.75, 3.05) is 5.32 Å². The predicted molar refractivity (Wildman–Crippen MR) is 106 cm³/mol. The van der Waals surface area contributed by atoms with E-state index in [2.05, 4.69) is 15.3 Å². The normalized spacial score (nSPS) is 19.0. The smallest absolute Gasteiger partial charge is 0.244 e. The summed E-state index contributed by atoms with van der Waals surface area (Å²) in [4.78, 5) is 9.18. The Balaban J connectivity index is 1.79.